The van der Waals surface area contributed by atoms with Crippen LogP contribution in [0.15, 0.2) is 0 Å². The summed E-state index contributed by atoms with van der Waals surface area (Å²) in [7, 11) is 0. The largest absolute Gasteiger partial charge is 0.396 e. The lowest BCUT2D eigenvalue weighted by Gasteiger charge is -2.42. The van der Waals surface area contributed by atoms with Crippen molar-refractivity contribution < 1.29 is 122 Å². The highest BCUT2D eigenvalue weighted by molar-refractivity contribution is 5.84. The molecule has 0 radical (unpaired) electrons. The second-order valence-electron chi connectivity index (χ2n) is 23.7. The molecule has 3 rings (SSSR count). The lowest BCUT2D eigenvalue weighted by molar-refractivity contribution is -0.270. The number of carbonyl (C=O) groups is 8. The van der Waals surface area contributed by atoms with Crippen LogP contribution >= 0.6 is 0 Å². The Labute approximate surface area is 524 Å². The van der Waals surface area contributed by atoms with Crippen LogP contribution in [0.2, 0.25) is 0 Å². The molecule has 1 aliphatic heterocycles. The van der Waals surface area contributed by atoms with Crippen LogP contribution in [0.3, 0.4) is 0 Å². The van der Waals surface area contributed by atoms with Crippen LogP contribution in [-0.2, 0) is 76.3 Å². The topological polar surface area (TPSA) is 489 Å². The van der Waals surface area contributed by atoms with Crippen molar-refractivity contribution in [1.82, 2.24) is 42.5 Å². The minimum atomic E-state index is -1.56. The number of aliphatic hydroxyl groups excluding tert-OH is 9. The molecule has 3 aliphatic rings. The van der Waals surface area contributed by atoms with Crippen LogP contribution in [0, 0.1) is 11.8 Å². The fourth-order valence-electron chi connectivity index (χ4n) is 10.1. The van der Waals surface area contributed by atoms with E-state index in [2.05, 4.69) is 42.5 Å². The quantitative estimate of drug-likeness (QED) is 0.0200. The summed E-state index contributed by atoms with van der Waals surface area (Å²) in [6, 6.07) is -3.02. The highest BCUT2D eigenvalue weighted by Gasteiger charge is 2.47. The molecule has 15 atom stereocenters. The van der Waals surface area contributed by atoms with Crippen LogP contribution in [0.1, 0.15) is 106 Å². The van der Waals surface area contributed by atoms with Gasteiger partial charge < -0.3 is 126 Å². The molecule has 3 fully saturated rings. The Morgan fingerprint density at radius 1 is 0.456 bits per heavy atom. The van der Waals surface area contributed by atoms with Crippen LogP contribution in [0.4, 0.5) is 0 Å². The zero-order chi connectivity index (χ0) is 67.0. The predicted octanol–water partition coefficient (Wildman–Crippen LogP) is -6.54. The summed E-state index contributed by atoms with van der Waals surface area (Å²) in [6.45, 7) is 6.42. The predicted molar refractivity (Wildman–Crippen MR) is 314 cm³/mol. The van der Waals surface area contributed by atoms with E-state index in [1.165, 1.54) is 20.8 Å². The van der Waals surface area contributed by atoms with Crippen molar-refractivity contribution in [3.05, 3.63) is 0 Å². The molecule has 0 aromatic carbocycles. The van der Waals surface area contributed by atoms with Crippen molar-refractivity contribution in [2.24, 2.45) is 11.8 Å². The number of aliphatic hydroxyl groups is 9. The smallest absolute Gasteiger partial charge is 0.222 e. The first-order valence-electron chi connectivity index (χ1n) is 30.6. The van der Waals surface area contributed by atoms with Gasteiger partial charge in [-0.25, -0.2) is 0 Å². The zero-order valence-electron chi connectivity index (χ0n) is 52.6. The van der Waals surface area contributed by atoms with Gasteiger partial charge in [0.05, 0.1) is 95.0 Å². The molecular formula is C57H102N8O25. The monoisotopic (exact) mass is 1300 g/mol. The first-order valence-corrected chi connectivity index (χ1v) is 30.6. The van der Waals surface area contributed by atoms with Gasteiger partial charge in [-0.1, -0.05) is 0 Å². The van der Waals surface area contributed by atoms with Crippen molar-refractivity contribution in [3.63, 3.8) is 0 Å². The van der Waals surface area contributed by atoms with Crippen molar-refractivity contribution in [1.29, 1.82) is 0 Å². The third-order valence-electron chi connectivity index (χ3n) is 14.9. The maximum Gasteiger partial charge on any atom is 0.222 e. The lowest BCUT2D eigenvalue weighted by Crippen LogP contribution is -2.64. The highest BCUT2D eigenvalue weighted by atomic mass is 16.7. The summed E-state index contributed by atoms with van der Waals surface area (Å²) < 4.78 is 46.7. The standard InChI is InChI=1S/C57H102N8O25/c1-33(69)62-46-38(24-36(26-66)49(77)52(46)80)86-18-7-15-58-42(73)12-21-83-29-57(65-45(76)11-10-41(72)61-32-89-56(4,5)6,30-84-22-13-43(74)59-16-8-19-87-39-25-37(27-67)50(78)53(81)47(39)63-34(2)70)31-85-23-14-44(75)60-17-9-20-88-55-48(64-35(3)71)54(82)51(79)40(28-68)90-55/h36-40,46-55,66-68,77-82H,7-32H2,1-6H3,(H,58,73)(H,59,74)(H,60,75)(H,61,72)(H,62,69)(H,63,70)(H,64,71)(H,65,76)/t36?,37?,38-,39-,40?,46?,47?,48?,49+,50+,51+,52-,53-,54-,55-,57?/m1/s1. The average Bonchev–Trinajstić information content (AvgIpc) is 1.38. The SMILES string of the molecule is CC(=O)NC1[C@H](OCCCNC(=O)CCOCC(COCCC(=O)NCCCO[C@@H]2CC(CO)[C@H](O)[C@H](O)C2NC(C)=O)(COCCC(=O)NCCCO[C@@H]2CC(CO)[C@H](O)[C@H](O)C2NC(C)=O)NC(=O)CCC(=O)NCOC(C)(C)C)OC(CO)[C@H](O)[C@@H]1O. The van der Waals surface area contributed by atoms with Crippen LogP contribution in [0.25, 0.3) is 0 Å². The molecule has 2 aliphatic carbocycles. The summed E-state index contributed by atoms with van der Waals surface area (Å²) in [5.74, 6) is -5.24. The third-order valence-corrected chi connectivity index (χ3v) is 14.9. The molecule has 17 N–H and O–H groups in total. The number of hydrogen-bond acceptors (Lipinski definition) is 25. The molecule has 520 valence electrons. The second kappa shape index (κ2) is 41.6. The normalized spacial score (nSPS) is 27.5. The van der Waals surface area contributed by atoms with Gasteiger partial charge in [-0.2, -0.15) is 0 Å². The Morgan fingerprint density at radius 2 is 0.833 bits per heavy atom. The van der Waals surface area contributed by atoms with E-state index >= 15 is 0 Å². The van der Waals surface area contributed by atoms with Gasteiger partial charge in [0.2, 0.25) is 47.3 Å². The number of ether oxygens (including phenoxy) is 8. The Morgan fingerprint density at radius 3 is 1.22 bits per heavy atom. The van der Waals surface area contributed by atoms with Crippen LogP contribution < -0.4 is 42.5 Å². The van der Waals surface area contributed by atoms with Gasteiger partial charge in [-0.15, -0.1) is 0 Å². The van der Waals surface area contributed by atoms with E-state index in [-0.39, 0.29) is 137 Å². The van der Waals surface area contributed by atoms with Gasteiger partial charge in [-0.3, -0.25) is 38.4 Å². The summed E-state index contributed by atoms with van der Waals surface area (Å²) in [5, 5.41) is 113. The fraction of sp³-hybridized carbons (Fsp3) is 0.860. The molecule has 0 bridgehead atoms. The minimum Gasteiger partial charge on any atom is -0.396 e. The van der Waals surface area contributed by atoms with Gasteiger partial charge in [0, 0.05) is 111 Å². The van der Waals surface area contributed by atoms with Crippen LogP contribution in [0.5, 0.6) is 0 Å². The number of nitrogens with one attached hydrogen (secondary N) is 8. The molecule has 90 heavy (non-hydrogen) atoms. The molecule has 6 unspecified atom stereocenters. The molecular weight excluding hydrogens is 1200 g/mol. The Hall–Kier alpha value is -4.92. The van der Waals surface area contributed by atoms with E-state index < -0.39 is 169 Å². The summed E-state index contributed by atoms with van der Waals surface area (Å²) in [5.41, 5.74) is -2.12. The van der Waals surface area contributed by atoms with E-state index in [4.69, 9.17) is 37.9 Å². The molecule has 8 amide bonds. The van der Waals surface area contributed by atoms with E-state index in [0.717, 1.165) is 0 Å². The Bertz CT molecular complexity index is 1990. The number of hydrogen-bond donors (Lipinski definition) is 17. The second-order valence-corrected chi connectivity index (χ2v) is 23.7. The molecule has 0 aromatic heterocycles. The average molecular weight is 1300 g/mol. The van der Waals surface area contributed by atoms with Gasteiger partial charge in [-0.05, 0) is 52.9 Å². The molecule has 1 heterocycles. The van der Waals surface area contributed by atoms with Gasteiger partial charge in [0.1, 0.15) is 48.8 Å². The van der Waals surface area contributed by atoms with E-state index in [1.807, 2.05) is 0 Å². The van der Waals surface area contributed by atoms with Crippen molar-refractivity contribution in [3.8, 4) is 0 Å². The van der Waals surface area contributed by atoms with Gasteiger partial charge in [0.15, 0.2) is 6.29 Å². The Balaban J connectivity index is 1.67. The number of rotatable bonds is 42. The molecule has 0 spiro atoms. The minimum absolute atomic E-state index is 0.0366. The molecule has 33 nitrogen and oxygen atoms in total. The first-order chi connectivity index (χ1) is 42.6. The molecule has 1 saturated heterocycles. The zero-order valence-corrected chi connectivity index (χ0v) is 52.6. The Kier molecular flexibility index (Phi) is 36.7. The van der Waals surface area contributed by atoms with Gasteiger partial charge >= 0.3 is 0 Å². The van der Waals surface area contributed by atoms with Crippen molar-refractivity contribution in [2.75, 3.05) is 106 Å². The third kappa shape index (κ3) is 29.4. The first kappa shape index (κ1) is 79.3. The summed E-state index contributed by atoms with van der Waals surface area (Å²) in [4.78, 5) is 101. The number of carbonyl (C=O) groups excluding carboxylic acids is 8. The van der Waals surface area contributed by atoms with E-state index in [1.54, 1.807) is 20.8 Å². The molecule has 33 heteroatoms. The maximum absolute atomic E-state index is 13.7. The molecule has 0 aromatic rings. The summed E-state index contributed by atoms with van der Waals surface area (Å²) in [6.07, 6.45) is -12.2. The number of amides is 8. The highest BCUT2D eigenvalue weighted by Crippen LogP contribution is 2.30. The van der Waals surface area contributed by atoms with Crippen molar-refractivity contribution >= 4 is 47.3 Å². The maximum atomic E-state index is 13.7. The van der Waals surface area contributed by atoms with Crippen LogP contribution in [-0.4, -0.2) is 289 Å². The lowest BCUT2D eigenvalue weighted by atomic mass is 9.79. The van der Waals surface area contributed by atoms with Gasteiger partial charge in [0.25, 0.3) is 0 Å². The molecule has 2 saturated carbocycles. The van der Waals surface area contributed by atoms with E-state index in [0.29, 0.717) is 12.8 Å². The van der Waals surface area contributed by atoms with Crippen molar-refractivity contribution in [2.45, 2.75) is 196 Å². The van der Waals surface area contributed by atoms with E-state index in [9.17, 15) is 84.3 Å². The summed E-state index contributed by atoms with van der Waals surface area (Å²) >= 11 is 0. The fourth-order valence-corrected chi connectivity index (χ4v) is 10.1.